The van der Waals surface area contributed by atoms with Crippen molar-refractivity contribution in [2.75, 3.05) is 13.7 Å². The van der Waals surface area contributed by atoms with Crippen LogP contribution >= 0.6 is 0 Å². The second-order valence-corrected chi connectivity index (χ2v) is 8.65. The molecule has 0 spiro atoms. The van der Waals surface area contributed by atoms with E-state index < -0.39 is 35.8 Å². The van der Waals surface area contributed by atoms with E-state index in [-0.39, 0.29) is 24.4 Å². The highest BCUT2D eigenvalue weighted by Gasteiger charge is 2.30. The third kappa shape index (κ3) is 12.1. The summed E-state index contributed by atoms with van der Waals surface area (Å²) >= 11 is 0. The number of hydrogen-bond acceptors (Lipinski definition) is 6. The Bertz CT molecular complexity index is 586. The van der Waals surface area contributed by atoms with Gasteiger partial charge in [0.15, 0.2) is 0 Å². The van der Waals surface area contributed by atoms with E-state index in [1.54, 1.807) is 34.6 Å². The van der Waals surface area contributed by atoms with Gasteiger partial charge in [0.25, 0.3) is 0 Å². The molecule has 0 unspecified atom stereocenters. The van der Waals surface area contributed by atoms with E-state index in [0.717, 1.165) is 0 Å². The first-order valence-corrected chi connectivity index (χ1v) is 10.2. The lowest BCUT2D eigenvalue weighted by Crippen LogP contribution is -2.56. The largest absolute Gasteiger partial charge is 0.453 e. The molecule has 0 aromatic heterocycles. The highest BCUT2D eigenvalue weighted by Crippen LogP contribution is 2.09. The fraction of sp³-hybridized carbons (Fsp3) is 0.800. The molecule has 0 aromatic carbocycles. The number of rotatable bonds is 10. The highest BCUT2D eigenvalue weighted by atomic mass is 16.6. The van der Waals surface area contributed by atoms with E-state index in [2.05, 4.69) is 26.0 Å². The van der Waals surface area contributed by atoms with Crippen LogP contribution in [0, 0.1) is 5.92 Å². The molecule has 0 rings (SSSR count). The van der Waals surface area contributed by atoms with Crippen LogP contribution in [0.5, 0.6) is 0 Å². The van der Waals surface area contributed by atoms with Crippen molar-refractivity contribution in [3.63, 3.8) is 0 Å². The second kappa shape index (κ2) is 12.9. The Balaban J connectivity index is 5.11. The van der Waals surface area contributed by atoms with E-state index in [9.17, 15) is 19.2 Å². The number of carbonyl (C=O) groups excluding carboxylic acids is 4. The van der Waals surface area contributed by atoms with Gasteiger partial charge in [0.2, 0.25) is 11.8 Å². The van der Waals surface area contributed by atoms with Gasteiger partial charge in [0.1, 0.15) is 17.7 Å². The quantitative estimate of drug-likeness (QED) is 0.390. The summed E-state index contributed by atoms with van der Waals surface area (Å²) in [4.78, 5) is 48.6. The Morgan fingerprint density at radius 1 is 0.867 bits per heavy atom. The monoisotopic (exact) mass is 430 g/mol. The van der Waals surface area contributed by atoms with Crippen LogP contribution in [-0.4, -0.2) is 61.4 Å². The van der Waals surface area contributed by atoms with E-state index in [1.165, 1.54) is 7.11 Å². The highest BCUT2D eigenvalue weighted by molar-refractivity contribution is 5.91. The minimum atomic E-state index is -0.873. The minimum Gasteiger partial charge on any atom is -0.453 e. The molecular weight excluding hydrogens is 392 g/mol. The Hall–Kier alpha value is -2.52. The average molecular weight is 431 g/mol. The minimum absolute atomic E-state index is 0.106. The lowest BCUT2D eigenvalue weighted by atomic mass is 10.0. The summed E-state index contributed by atoms with van der Waals surface area (Å²) in [6, 6.07) is -1.80. The van der Waals surface area contributed by atoms with Gasteiger partial charge in [0, 0.05) is 12.6 Å². The third-order valence-electron chi connectivity index (χ3n) is 3.81. The van der Waals surface area contributed by atoms with Crippen LogP contribution in [0.4, 0.5) is 9.59 Å². The van der Waals surface area contributed by atoms with Crippen LogP contribution in [-0.2, 0) is 19.1 Å². The van der Waals surface area contributed by atoms with Gasteiger partial charge in [-0.3, -0.25) is 9.59 Å². The summed E-state index contributed by atoms with van der Waals surface area (Å²) in [6.45, 7) is 12.7. The van der Waals surface area contributed by atoms with Crippen molar-refractivity contribution in [1.82, 2.24) is 21.3 Å². The number of amides is 4. The Labute approximate surface area is 179 Å². The van der Waals surface area contributed by atoms with Gasteiger partial charge in [-0.25, -0.2) is 9.59 Å². The van der Waals surface area contributed by atoms with Gasteiger partial charge in [-0.2, -0.15) is 0 Å². The molecule has 174 valence electrons. The lowest BCUT2D eigenvalue weighted by molar-refractivity contribution is -0.131. The first-order chi connectivity index (χ1) is 13.8. The second-order valence-electron chi connectivity index (χ2n) is 8.65. The maximum absolute atomic E-state index is 12.8. The molecule has 0 fully saturated rings. The fourth-order valence-corrected chi connectivity index (χ4v) is 2.45. The van der Waals surface area contributed by atoms with Gasteiger partial charge in [-0.15, -0.1) is 0 Å². The van der Waals surface area contributed by atoms with E-state index in [4.69, 9.17) is 4.74 Å². The molecule has 30 heavy (non-hydrogen) atoms. The molecule has 0 bridgehead atoms. The van der Waals surface area contributed by atoms with Crippen molar-refractivity contribution in [3.8, 4) is 0 Å². The molecule has 4 amide bonds. The van der Waals surface area contributed by atoms with Crippen molar-refractivity contribution in [2.24, 2.45) is 5.92 Å². The molecule has 0 saturated heterocycles. The fourth-order valence-electron chi connectivity index (χ4n) is 2.45. The molecule has 0 saturated carbocycles. The lowest BCUT2D eigenvalue weighted by Gasteiger charge is -2.27. The van der Waals surface area contributed by atoms with Crippen molar-refractivity contribution in [2.45, 2.75) is 85.0 Å². The normalized spacial score (nSPS) is 13.3. The van der Waals surface area contributed by atoms with Crippen LogP contribution in [0.3, 0.4) is 0 Å². The van der Waals surface area contributed by atoms with Gasteiger partial charge in [-0.1, -0.05) is 13.8 Å². The van der Waals surface area contributed by atoms with E-state index in [0.29, 0.717) is 12.8 Å². The summed E-state index contributed by atoms with van der Waals surface area (Å²) in [5.41, 5.74) is -0.700. The number of alkyl carbamates (subject to hydrolysis) is 2. The molecule has 4 N–H and O–H groups in total. The zero-order valence-corrected chi connectivity index (χ0v) is 19.4. The van der Waals surface area contributed by atoms with Gasteiger partial charge in [0.05, 0.1) is 7.11 Å². The predicted octanol–water partition coefficient (Wildman–Crippen LogP) is 1.68. The number of ether oxygens (including phenoxy) is 2. The van der Waals surface area contributed by atoms with Crippen molar-refractivity contribution in [1.29, 1.82) is 0 Å². The van der Waals surface area contributed by atoms with Crippen LogP contribution in [0.1, 0.15) is 61.3 Å². The summed E-state index contributed by atoms with van der Waals surface area (Å²) < 4.78 is 9.72. The van der Waals surface area contributed by atoms with Crippen molar-refractivity contribution >= 4 is 24.0 Å². The van der Waals surface area contributed by atoms with Gasteiger partial charge >= 0.3 is 12.2 Å². The van der Waals surface area contributed by atoms with Crippen molar-refractivity contribution < 1.29 is 28.7 Å². The summed E-state index contributed by atoms with van der Waals surface area (Å²) in [7, 11) is 1.26. The molecule has 0 aliphatic rings. The standard InChI is InChI=1S/C20H38N4O6/c1-12(2)15(24-19(28)30-20(5,6)7)17(26)23-14(16(25)22-13(3)4)10-9-11-21-18(27)29-8/h12-15H,9-11H2,1-8H3,(H,21,27)(H,22,25)(H,23,26)(H,24,28)/t14-,15-/m0/s1. The van der Waals surface area contributed by atoms with Crippen LogP contribution in [0.15, 0.2) is 0 Å². The van der Waals surface area contributed by atoms with Gasteiger partial charge in [-0.05, 0) is 53.4 Å². The average Bonchev–Trinajstić information content (AvgIpc) is 2.59. The number of methoxy groups -OCH3 is 1. The van der Waals surface area contributed by atoms with Crippen LogP contribution in [0.25, 0.3) is 0 Å². The van der Waals surface area contributed by atoms with E-state index >= 15 is 0 Å². The van der Waals surface area contributed by atoms with Gasteiger partial charge < -0.3 is 30.7 Å². The maximum Gasteiger partial charge on any atom is 0.408 e. The Morgan fingerprint density at radius 3 is 1.93 bits per heavy atom. The Kier molecular flexibility index (Phi) is 11.8. The molecule has 10 nitrogen and oxygen atoms in total. The summed E-state index contributed by atoms with van der Waals surface area (Å²) in [5.74, 6) is -1.05. The topological polar surface area (TPSA) is 135 Å². The summed E-state index contributed by atoms with van der Waals surface area (Å²) in [6.07, 6.45) is -0.534. The number of hydrogen-bond donors (Lipinski definition) is 4. The maximum atomic E-state index is 12.8. The van der Waals surface area contributed by atoms with Crippen LogP contribution < -0.4 is 21.3 Å². The molecule has 0 aliphatic heterocycles. The van der Waals surface area contributed by atoms with E-state index in [1.807, 2.05) is 13.8 Å². The Morgan fingerprint density at radius 2 is 1.47 bits per heavy atom. The SMILES string of the molecule is COC(=O)NCCC[C@H](NC(=O)[C@@H](NC(=O)OC(C)(C)C)C(C)C)C(=O)NC(C)C. The first-order valence-electron chi connectivity index (χ1n) is 10.2. The molecule has 0 aromatic rings. The zero-order valence-electron chi connectivity index (χ0n) is 19.4. The molecule has 0 radical (unpaired) electrons. The third-order valence-corrected chi connectivity index (χ3v) is 3.81. The number of carbonyl (C=O) groups is 4. The molecule has 0 aliphatic carbocycles. The molecule has 0 heterocycles. The summed E-state index contributed by atoms with van der Waals surface area (Å²) in [5, 5.41) is 10.6. The molecular formula is C20H38N4O6. The number of nitrogens with one attached hydrogen (secondary N) is 4. The predicted molar refractivity (Wildman–Crippen MR) is 113 cm³/mol. The molecule has 10 heteroatoms. The zero-order chi connectivity index (χ0) is 23.5. The first kappa shape index (κ1) is 27.5. The van der Waals surface area contributed by atoms with Crippen molar-refractivity contribution in [3.05, 3.63) is 0 Å². The molecule has 2 atom stereocenters. The van der Waals surface area contributed by atoms with Crippen LogP contribution in [0.2, 0.25) is 0 Å². The smallest absolute Gasteiger partial charge is 0.408 e.